The normalized spacial score (nSPS) is 10.1. The molecule has 0 spiro atoms. The molecule has 4 nitrogen and oxygen atoms in total. The molecule has 0 saturated carbocycles. The van der Waals surface area contributed by atoms with Crippen molar-refractivity contribution >= 4 is 17.2 Å². The van der Waals surface area contributed by atoms with Crippen LogP contribution in [0.3, 0.4) is 0 Å². The lowest BCUT2D eigenvalue weighted by Crippen LogP contribution is -2.27. The zero-order valence-corrected chi connectivity index (χ0v) is 10.4. The van der Waals surface area contributed by atoms with Gasteiger partial charge < -0.3 is 10.1 Å². The lowest BCUT2D eigenvalue weighted by atomic mass is 10.4. The average molecular weight is 240 g/mol. The summed E-state index contributed by atoms with van der Waals surface area (Å²) in [7, 11) is 0. The number of carbonyl (C=O) groups excluding carboxylic acids is 1. The molecule has 1 heterocycles. The summed E-state index contributed by atoms with van der Waals surface area (Å²) < 4.78 is 5.27. The van der Waals surface area contributed by atoms with Crippen molar-refractivity contribution in [1.29, 1.82) is 0 Å². The molecule has 0 unspecified atom stereocenters. The smallest absolute Gasteiger partial charge is 0.263 e. The molecule has 0 saturated heterocycles. The third-order valence-corrected chi connectivity index (χ3v) is 2.76. The van der Waals surface area contributed by atoms with E-state index in [4.69, 9.17) is 4.74 Å². The zero-order valence-electron chi connectivity index (χ0n) is 9.58. The molecule has 1 rings (SSSR count). The van der Waals surface area contributed by atoms with Crippen LogP contribution < -0.4 is 5.32 Å². The average Bonchev–Trinajstić information content (AvgIpc) is 2.63. The van der Waals surface area contributed by atoms with E-state index in [1.54, 1.807) is 5.51 Å². The summed E-state index contributed by atoms with van der Waals surface area (Å²) in [4.78, 5) is 16.3. The first-order valence-electron chi connectivity index (χ1n) is 5.01. The highest BCUT2D eigenvalue weighted by Crippen LogP contribution is 2.11. The van der Waals surface area contributed by atoms with Crippen molar-refractivity contribution in [2.45, 2.75) is 13.8 Å². The molecule has 0 atom stereocenters. The van der Waals surface area contributed by atoms with E-state index in [-0.39, 0.29) is 5.91 Å². The van der Waals surface area contributed by atoms with Crippen molar-refractivity contribution in [2.75, 3.05) is 19.8 Å². The van der Waals surface area contributed by atoms with Gasteiger partial charge in [-0.05, 0) is 13.8 Å². The minimum absolute atomic E-state index is 0.0843. The first-order valence-corrected chi connectivity index (χ1v) is 5.89. The van der Waals surface area contributed by atoms with Gasteiger partial charge in [0.05, 0.1) is 24.4 Å². The molecule has 16 heavy (non-hydrogen) atoms. The second-order valence-electron chi connectivity index (χ2n) is 3.53. The Hall–Kier alpha value is -1.20. The van der Waals surface area contributed by atoms with Crippen LogP contribution in [0.1, 0.15) is 22.3 Å². The summed E-state index contributed by atoms with van der Waals surface area (Å²) >= 11 is 1.35. The van der Waals surface area contributed by atoms with Crippen LogP contribution in [-0.4, -0.2) is 30.6 Å². The maximum absolute atomic E-state index is 11.6. The number of hydrogen-bond donors (Lipinski definition) is 1. The maximum atomic E-state index is 11.6. The Kier molecular flexibility index (Phi) is 5.14. The SMILES string of the molecule is C=C(C)COCCNC(=O)c1scnc1C. The Morgan fingerprint density at radius 1 is 1.69 bits per heavy atom. The minimum atomic E-state index is -0.0843. The lowest BCUT2D eigenvalue weighted by molar-refractivity contribution is 0.0930. The number of ether oxygens (including phenoxy) is 1. The summed E-state index contributed by atoms with van der Waals surface area (Å²) in [6.45, 7) is 8.98. The first-order chi connectivity index (χ1) is 7.61. The van der Waals surface area contributed by atoms with E-state index < -0.39 is 0 Å². The van der Waals surface area contributed by atoms with E-state index in [1.165, 1.54) is 11.3 Å². The molecular weight excluding hydrogens is 224 g/mol. The van der Waals surface area contributed by atoms with E-state index >= 15 is 0 Å². The molecule has 0 aromatic carbocycles. The first kappa shape index (κ1) is 12.9. The highest BCUT2D eigenvalue weighted by atomic mass is 32.1. The number of nitrogens with zero attached hydrogens (tertiary/aromatic N) is 1. The molecule has 88 valence electrons. The molecule has 1 aromatic heterocycles. The predicted molar refractivity (Wildman–Crippen MR) is 64.8 cm³/mol. The van der Waals surface area contributed by atoms with E-state index in [0.29, 0.717) is 24.6 Å². The standard InChI is InChI=1S/C11H16N2O2S/c1-8(2)6-15-5-4-12-11(14)10-9(3)13-7-16-10/h7H,1,4-6H2,2-3H3,(H,12,14). The molecule has 5 heteroatoms. The van der Waals surface area contributed by atoms with Crippen molar-refractivity contribution in [2.24, 2.45) is 0 Å². The van der Waals surface area contributed by atoms with E-state index in [0.717, 1.165) is 11.3 Å². The van der Waals surface area contributed by atoms with Gasteiger partial charge in [-0.15, -0.1) is 11.3 Å². The van der Waals surface area contributed by atoms with Crippen molar-refractivity contribution in [3.05, 3.63) is 28.2 Å². The summed E-state index contributed by atoms with van der Waals surface area (Å²) in [6.07, 6.45) is 0. The summed E-state index contributed by atoms with van der Waals surface area (Å²) in [5, 5.41) is 2.78. The van der Waals surface area contributed by atoms with E-state index in [1.807, 2.05) is 13.8 Å². The van der Waals surface area contributed by atoms with Gasteiger partial charge in [-0.1, -0.05) is 12.2 Å². The number of rotatable bonds is 6. The molecule has 0 aliphatic heterocycles. The van der Waals surface area contributed by atoms with Crippen molar-refractivity contribution in [1.82, 2.24) is 10.3 Å². The fraction of sp³-hybridized carbons (Fsp3) is 0.455. The van der Waals surface area contributed by atoms with E-state index in [2.05, 4.69) is 16.9 Å². The predicted octanol–water partition coefficient (Wildman–Crippen LogP) is 1.77. The number of amides is 1. The van der Waals surface area contributed by atoms with Crippen LogP contribution in [-0.2, 0) is 4.74 Å². The van der Waals surface area contributed by atoms with Crippen molar-refractivity contribution in [3.8, 4) is 0 Å². The highest BCUT2D eigenvalue weighted by molar-refractivity contribution is 7.11. The number of aromatic nitrogens is 1. The monoisotopic (exact) mass is 240 g/mol. The number of aryl methyl sites for hydroxylation is 1. The van der Waals surface area contributed by atoms with Crippen LogP contribution in [0.2, 0.25) is 0 Å². The number of carbonyl (C=O) groups is 1. The maximum Gasteiger partial charge on any atom is 0.263 e. The quantitative estimate of drug-likeness (QED) is 0.609. The molecule has 1 amide bonds. The van der Waals surface area contributed by atoms with Gasteiger partial charge in [-0.3, -0.25) is 4.79 Å². The van der Waals surface area contributed by atoms with Crippen LogP contribution in [0.25, 0.3) is 0 Å². The lowest BCUT2D eigenvalue weighted by Gasteiger charge is -2.05. The molecule has 1 aromatic rings. The van der Waals surface area contributed by atoms with Crippen LogP contribution in [0.4, 0.5) is 0 Å². The molecule has 0 fully saturated rings. The van der Waals surface area contributed by atoms with Gasteiger partial charge in [0.15, 0.2) is 0 Å². The number of hydrogen-bond acceptors (Lipinski definition) is 4. The molecule has 0 bridgehead atoms. The van der Waals surface area contributed by atoms with Gasteiger partial charge in [-0.2, -0.15) is 0 Å². The van der Waals surface area contributed by atoms with Crippen LogP contribution >= 0.6 is 11.3 Å². The topological polar surface area (TPSA) is 51.2 Å². The molecule has 1 N–H and O–H groups in total. The largest absolute Gasteiger partial charge is 0.375 e. The van der Waals surface area contributed by atoms with Gasteiger partial charge >= 0.3 is 0 Å². The third-order valence-electron chi connectivity index (χ3n) is 1.83. The molecule has 0 aliphatic carbocycles. The van der Waals surface area contributed by atoms with Gasteiger partial charge in [0.25, 0.3) is 5.91 Å². The van der Waals surface area contributed by atoms with Gasteiger partial charge in [0.2, 0.25) is 0 Å². The molecule has 0 radical (unpaired) electrons. The highest BCUT2D eigenvalue weighted by Gasteiger charge is 2.10. The fourth-order valence-electron chi connectivity index (χ4n) is 1.08. The van der Waals surface area contributed by atoms with Gasteiger partial charge in [0.1, 0.15) is 4.88 Å². The van der Waals surface area contributed by atoms with E-state index in [9.17, 15) is 4.79 Å². The third kappa shape index (κ3) is 4.12. The van der Waals surface area contributed by atoms with Gasteiger partial charge in [0, 0.05) is 6.54 Å². The fourth-order valence-corrected chi connectivity index (χ4v) is 1.80. The minimum Gasteiger partial charge on any atom is -0.375 e. The van der Waals surface area contributed by atoms with Crippen LogP contribution in [0, 0.1) is 6.92 Å². The van der Waals surface area contributed by atoms with Gasteiger partial charge in [-0.25, -0.2) is 4.98 Å². The van der Waals surface area contributed by atoms with Crippen molar-refractivity contribution in [3.63, 3.8) is 0 Å². The molecular formula is C11H16N2O2S. The summed E-state index contributed by atoms with van der Waals surface area (Å²) in [5.41, 5.74) is 3.41. The number of thiazole rings is 1. The molecule has 0 aliphatic rings. The second kappa shape index (κ2) is 6.40. The summed E-state index contributed by atoms with van der Waals surface area (Å²) in [5.74, 6) is -0.0843. The van der Waals surface area contributed by atoms with Crippen LogP contribution in [0.15, 0.2) is 17.7 Å². The van der Waals surface area contributed by atoms with Crippen molar-refractivity contribution < 1.29 is 9.53 Å². The van der Waals surface area contributed by atoms with Crippen LogP contribution in [0.5, 0.6) is 0 Å². The summed E-state index contributed by atoms with van der Waals surface area (Å²) in [6, 6.07) is 0. The Balaban J connectivity index is 2.21. The Bertz CT molecular complexity index is 374. The number of nitrogens with one attached hydrogen (secondary N) is 1. The zero-order chi connectivity index (χ0) is 12.0. The Labute approximate surface area is 99.3 Å². The Morgan fingerprint density at radius 2 is 2.44 bits per heavy atom. The Morgan fingerprint density at radius 3 is 3.00 bits per heavy atom. The second-order valence-corrected chi connectivity index (χ2v) is 4.39.